The maximum absolute atomic E-state index is 13.0. The first kappa shape index (κ1) is 18.1. The second-order valence-corrected chi connectivity index (χ2v) is 5.90. The Morgan fingerprint density at radius 1 is 1.00 bits per heavy atom. The zero-order valence-electron chi connectivity index (χ0n) is 14.0. The van der Waals surface area contributed by atoms with Gasteiger partial charge in [0.15, 0.2) is 11.5 Å². The Bertz CT molecular complexity index is 953. The number of benzene rings is 2. The molecule has 3 N–H and O–H groups in total. The third-order valence-corrected chi connectivity index (χ3v) is 4.03. The molecule has 0 aromatic heterocycles. The topological polar surface area (TPSA) is 107 Å². The van der Waals surface area contributed by atoms with E-state index in [-0.39, 0.29) is 17.9 Å². The molecular weight excluding hydrogens is 355 g/mol. The summed E-state index contributed by atoms with van der Waals surface area (Å²) in [7, 11) is 0. The summed E-state index contributed by atoms with van der Waals surface area (Å²) in [6.07, 6.45) is 1.51. The van der Waals surface area contributed by atoms with E-state index in [0.717, 1.165) is 10.5 Å². The summed E-state index contributed by atoms with van der Waals surface area (Å²) in [6, 6.07) is 8.61. The van der Waals surface area contributed by atoms with Gasteiger partial charge in [-0.25, -0.2) is 9.18 Å². The lowest BCUT2D eigenvalue weighted by atomic mass is 10.1. The quantitative estimate of drug-likeness (QED) is 0.433. The second kappa shape index (κ2) is 7.28. The van der Waals surface area contributed by atoms with Gasteiger partial charge < -0.3 is 10.2 Å². The number of hydrogen-bond acceptors (Lipinski definition) is 5. The van der Waals surface area contributed by atoms with Crippen molar-refractivity contribution in [3.63, 3.8) is 0 Å². The van der Waals surface area contributed by atoms with E-state index >= 15 is 0 Å². The zero-order valence-corrected chi connectivity index (χ0v) is 14.0. The smallest absolute Gasteiger partial charge is 0.331 e. The van der Waals surface area contributed by atoms with E-state index in [1.807, 2.05) is 0 Å². The Kier molecular flexibility index (Phi) is 4.89. The van der Waals surface area contributed by atoms with Crippen molar-refractivity contribution in [3.8, 4) is 11.5 Å². The van der Waals surface area contributed by atoms with Gasteiger partial charge in [0.25, 0.3) is 11.8 Å². The van der Waals surface area contributed by atoms with Crippen molar-refractivity contribution in [2.75, 3.05) is 6.54 Å². The standard InChI is InChI=1S/C19H15FN2O5/c20-13-4-1-11(2-5-13)7-8-22-18(26)14(17(25)21-19(22)27)9-12-3-6-15(23)16(24)10-12/h1-6,9-10,23-24H,7-8H2,(H,21,25,27)/b14-9-. The molecule has 1 heterocycles. The first-order chi connectivity index (χ1) is 12.8. The molecule has 3 rings (SSSR count). The van der Waals surface area contributed by atoms with Crippen LogP contribution >= 0.6 is 0 Å². The number of barbiturate groups is 1. The van der Waals surface area contributed by atoms with E-state index in [4.69, 9.17) is 0 Å². The molecule has 0 spiro atoms. The van der Waals surface area contributed by atoms with E-state index < -0.39 is 29.4 Å². The summed E-state index contributed by atoms with van der Waals surface area (Å²) in [5.74, 6) is -2.77. The molecule has 1 saturated heterocycles. The normalized spacial score (nSPS) is 16.0. The number of rotatable bonds is 4. The molecule has 2 aromatic rings. The SMILES string of the molecule is O=C1NC(=O)N(CCc2ccc(F)cc2)C(=O)/C1=C\c1ccc(O)c(O)c1. The van der Waals surface area contributed by atoms with Crippen LogP contribution in [0.1, 0.15) is 11.1 Å². The third-order valence-electron chi connectivity index (χ3n) is 4.03. The molecule has 1 aliphatic heterocycles. The summed E-state index contributed by atoms with van der Waals surface area (Å²) < 4.78 is 13.0. The summed E-state index contributed by atoms with van der Waals surface area (Å²) in [4.78, 5) is 37.5. The van der Waals surface area contributed by atoms with E-state index in [0.29, 0.717) is 12.0 Å². The van der Waals surface area contributed by atoms with Crippen LogP contribution in [0.25, 0.3) is 6.08 Å². The van der Waals surface area contributed by atoms with Crippen molar-refractivity contribution in [1.29, 1.82) is 0 Å². The van der Waals surface area contributed by atoms with E-state index in [1.54, 1.807) is 12.1 Å². The number of halogens is 1. The predicted molar refractivity (Wildman–Crippen MR) is 93.1 cm³/mol. The van der Waals surface area contributed by atoms with Crippen LogP contribution in [-0.2, 0) is 16.0 Å². The van der Waals surface area contributed by atoms with Gasteiger partial charge in [-0.3, -0.25) is 19.8 Å². The van der Waals surface area contributed by atoms with E-state index in [9.17, 15) is 29.0 Å². The number of hydrogen-bond donors (Lipinski definition) is 3. The number of phenols is 2. The first-order valence-electron chi connectivity index (χ1n) is 8.00. The average Bonchev–Trinajstić information content (AvgIpc) is 2.63. The molecule has 0 unspecified atom stereocenters. The summed E-state index contributed by atoms with van der Waals surface area (Å²) in [5, 5.41) is 21.0. The third kappa shape index (κ3) is 3.95. The average molecular weight is 370 g/mol. The van der Waals surface area contributed by atoms with Crippen LogP contribution in [-0.4, -0.2) is 39.5 Å². The highest BCUT2D eigenvalue weighted by atomic mass is 19.1. The highest BCUT2D eigenvalue weighted by Crippen LogP contribution is 2.26. The molecule has 0 saturated carbocycles. The molecule has 8 heteroatoms. The minimum absolute atomic E-state index is 0.00173. The van der Waals surface area contributed by atoms with Gasteiger partial charge in [0.05, 0.1) is 0 Å². The van der Waals surface area contributed by atoms with Crippen molar-refractivity contribution < 1.29 is 29.0 Å². The van der Waals surface area contributed by atoms with Gasteiger partial charge >= 0.3 is 6.03 Å². The molecule has 7 nitrogen and oxygen atoms in total. The second-order valence-electron chi connectivity index (χ2n) is 5.90. The molecule has 2 aromatic carbocycles. The number of aromatic hydroxyl groups is 2. The van der Waals surface area contributed by atoms with Crippen LogP contribution in [0.4, 0.5) is 9.18 Å². The van der Waals surface area contributed by atoms with Crippen molar-refractivity contribution in [2.24, 2.45) is 0 Å². The summed E-state index contributed by atoms with van der Waals surface area (Å²) >= 11 is 0. The van der Waals surface area contributed by atoms with Crippen LogP contribution in [0.3, 0.4) is 0 Å². The lowest BCUT2D eigenvalue weighted by Crippen LogP contribution is -2.54. The van der Waals surface area contributed by atoms with Crippen molar-refractivity contribution >= 4 is 23.9 Å². The van der Waals surface area contributed by atoms with Crippen LogP contribution in [0.5, 0.6) is 11.5 Å². The van der Waals surface area contributed by atoms with Gasteiger partial charge in [0.2, 0.25) is 0 Å². The number of nitrogens with zero attached hydrogens (tertiary/aromatic N) is 1. The summed E-state index contributed by atoms with van der Waals surface area (Å²) in [6.45, 7) is 0.00173. The number of carbonyl (C=O) groups excluding carboxylic acids is 3. The Labute approximate surface area is 153 Å². The number of carbonyl (C=O) groups is 3. The fourth-order valence-corrected chi connectivity index (χ4v) is 2.59. The molecular formula is C19H15FN2O5. The van der Waals surface area contributed by atoms with Crippen molar-refractivity contribution in [2.45, 2.75) is 6.42 Å². The molecule has 1 fully saturated rings. The van der Waals surface area contributed by atoms with Gasteiger partial charge in [-0.1, -0.05) is 18.2 Å². The van der Waals surface area contributed by atoms with E-state index in [2.05, 4.69) is 5.32 Å². The van der Waals surface area contributed by atoms with Gasteiger partial charge in [-0.15, -0.1) is 0 Å². The highest BCUT2D eigenvalue weighted by molar-refractivity contribution is 6.31. The molecule has 0 aliphatic carbocycles. The Balaban J connectivity index is 1.81. The zero-order chi connectivity index (χ0) is 19.6. The minimum atomic E-state index is -0.851. The van der Waals surface area contributed by atoms with Gasteiger partial charge in [-0.2, -0.15) is 0 Å². The molecule has 0 radical (unpaired) electrons. The lowest BCUT2D eigenvalue weighted by Gasteiger charge is -2.26. The molecule has 27 heavy (non-hydrogen) atoms. The first-order valence-corrected chi connectivity index (χ1v) is 8.00. The van der Waals surface area contributed by atoms with Crippen LogP contribution in [0, 0.1) is 5.82 Å². The van der Waals surface area contributed by atoms with Crippen molar-refractivity contribution in [3.05, 3.63) is 65.0 Å². The maximum Gasteiger partial charge on any atom is 0.331 e. The summed E-state index contributed by atoms with van der Waals surface area (Å²) in [5.41, 5.74) is 0.748. The predicted octanol–water partition coefficient (Wildman–Crippen LogP) is 1.94. The van der Waals surface area contributed by atoms with Crippen molar-refractivity contribution in [1.82, 2.24) is 10.2 Å². The molecule has 4 amide bonds. The minimum Gasteiger partial charge on any atom is -0.504 e. The number of amides is 4. The lowest BCUT2D eigenvalue weighted by molar-refractivity contribution is -0.130. The maximum atomic E-state index is 13.0. The molecule has 0 atom stereocenters. The fraction of sp³-hybridized carbons (Fsp3) is 0.105. The Hall–Kier alpha value is -3.68. The number of phenolic OH excluding ortho intramolecular Hbond substituents is 2. The number of imide groups is 2. The van der Waals surface area contributed by atoms with Crippen LogP contribution < -0.4 is 5.32 Å². The van der Waals surface area contributed by atoms with Crippen LogP contribution in [0.15, 0.2) is 48.0 Å². The van der Waals surface area contributed by atoms with Gasteiger partial charge in [0, 0.05) is 6.54 Å². The number of urea groups is 1. The van der Waals surface area contributed by atoms with E-state index in [1.165, 1.54) is 36.4 Å². The molecule has 1 aliphatic rings. The van der Waals surface area contributed by atoms with Gasteiger partial charge in [0.1, 0.15) is 11.4 Å². The van der Waals surface area contributed by atoms with Crippen LogP contribution in [0.2, 0.25) is 0 Å². The van der Waals surface area contributed by atoms with Gasteiger partial charge in [-0.05, 0) is 47.9 Å². The number of nitrogens with one attached hydrogen (secondary N) is 1. The molecule has 138 valence electrons. The molecule has 0 bridgehead atoms. The largest absolute Gasteiger partial charge is 0.504 e. The Morgan fingerprint density at radius 2 is 1.70 bits per heavy atom. The Morgan fingerprint density at radius 3 is 2.37 bits per heavy atom. The highest BCUT2D eigenvalue weighted by Gasteiger charge is 2.35. The monoisotopic (exact) mass is 370 g/mol. The fourth-order valence-electron chi connectivity index (χ4n) is 2.59.